The van der Waals surface area contributed by atoms with Crippen molar-refractivity contribution in [1.82, 2.24) is 19.8 Å². The summed E-state index contributed by atoms with van der Waals surface area (Å²) < 4.78 is 2.06. The highest BCUT2D eigenvalue weighted by Gasteiger charge is 2.37. The van der Waals surface area contributed by atoms with Crippen molar-refractivity contribution in [1.29, 1.82) is 0 Å². The number of nitrogens with one attached hydrogen (secondary N) is 1. The summed E-state index contributed by atoms with van der Waals surface area (Å²) in [7, 11) is 2.03. The molecule has 0 unspecified atom stereocenters. The monoisotopic (exact) mass is 290 g/mol. The zero-order valence-electron chi connectivity index (χ0n) is 13.1. The first kappa shape index (κ1) is 14.6. The zero-order valence-corrected chi connectivity index (χ0v) is 13.1. The molecule has 3 rings (SSSR count). The maximum Gasteiger partial charge on any atom is 0.225 e. The zero-order chi connectivity index (χ0) is 14.8. The van der Waals surface area contributed by atoms with Gasteiger partial charge in [-0.1, -0.05) is 13.3 Å². The molecule has 0 aromatic carbocycles. The Hall–Kier alpha value is -1.36. The van der Waals surface area contributed by atoms with Crippen LogP contribution in [0, 0.1) is 11.8 Å². The molecule has 1 amide bonds. The van der Waals surface area contributed by atoms with Gasteiger partial charge in [0.05, 0.1) is 6.54 Å². The fraction of sp³-hybridized carbons (Fsp3) is 0.750. The molecular weight excluding hydrogens is 264 g/mol. The fourth-order valence-electron chi connectivity index (χ4n) is 3.29. The van der Waals surface area contributed by atoms with E-state index in [0.29, 0.717) is 23.8 Å². The highest BCUT2D eigenvalue weighted by molar-refractivity contribution is 5.81. The third kappa shape index (κ3) is 3.28. The molecule has 2 fully saturated rings. The average Bonchev–Trinajstić information content (AvgIpc) is 3.27. The van der Waals surface area contributed by atoms with Gasteiger partial charge in [-0.25, -0.2) is 4.98 Å². The summed E-state index contributed by atoms with van der Waals surface area (Å²) in [5, 5.41) is 3.65. The number of aromatic nitrogens is 2. The van der Waals surface area contributed by atoms with Crippen LogP contribution in [0.3, 0.4) is 0 Å². The van der Waals surface area contributed by atoms with Crippen LogP contribution in [0.2, 0.25) is 0 Å². The SMILES string of the molecule is CC[C@H]1CN(C(=O)C2CC2)CC[C@H]1NCc1nccn1C. The minimum Gasteiger partial charge on any atom is -0.342 e. The van der Waals surface area contributed by atoms with E-state index >= 15 is 0 Å². The maximum absolute atomic E-state index is 12.2. The van der Waals surface area contributed by atoms with E-state index in [1.807, 2.05) is 19.4 Å². The van der Waals surface area contributed by atoms with Crippen molar-refractivity contribution in [2.75, 3.05) is 13.1 Å². The lowest BCUT2D eigenvalue weighted by Crippen LogP contribution is -2.51. The van der Waals surface area contributed by atoms with Gasteiger partial charge in [-0.3, -0.25) is 4.79 Å². The molecule has 1 saturated heterocycles. The van der Waals surface area contributed by atoms with E-state index in [0.717, 1.165) is 51.1 Å². The lowest BCUT2D eigenvalue weighted by atomic mass is 9.89. The van der Waals surface area contributed by atoms with Crippen LogP contribution in [-0.2, 0) is 18.4 Å². The Balaban J connectivity index is 1.54. The summed E-state index contributed by atoms with van der Waals surface area (Å²) in [4.78, 5) is 18.7. The molecule has 1 aliphatic heterocycles. The molecule has 1 aromatic rings. The normalized spacial score (nSPS) is 26.1. The van der Waals surface area contributed by atoms with E-state index < -0.39 is 0 Å². The summed E-state index contributed by atoms with van der Waals surface area (Å²) >= 11 is 0. The Bertz CT molecular complexity index is 494. The number of likely N-dealkylation sites (tertiary alicyclic amines) is 1. The number of piperidine rings is 1. The number of nitrogens with zero attached hydrogens (tertiary/aromatic N) is 3. The van der Waals surface area contributed by atoms with Gasteiger partial charge in [0.25, 0.3) is 0 Å². The van der Waals surface area contributed by atoms with Crippen molar-refractivity contribution in [2.45, 2.75) is 45.2 Å². The number of imidazole rings is 1. The second kappa shape index (κ2) is 6.18. The molecule has 1 aliphatic carbocycles. The Kier molecular flexibility index (Phi) is 4.29. The third-order valence-electron chi connectivity index (χ3n) is 4.94. The Labute approximate surface area is 126 Å². The lowest BCUT2D eigenvalue weighted by Gasteiger charge is -2.39. The number of rotatable bonds is 5. The summed E-state index contributed by atoms with van der Waals surface area (Å²) in [6, 6.07) is 0.495. The standard InChI is InChI=1S/C16H26N4O/c1-3-12-11-20(16(21)13-4-5-13)8-6-14(12)18-10-15-17-7-9-19(15)2/h7,9,12-14,18H,3-6,8,10-11H2,1-2H3/t12-,14+/m0/s1. The molecule has 1 saturated carbocycles. The average molecular weight is 290 g/mol. The van der Waals surface area contributed by atoms with E-state index in [1.54, 1.807) is 0 Å². The van der Waals surface area contributed by atoms with Gasteiger partial charge < -0.3 is 14.8 Å². The Morgan fingerprint density at radius 1 is 1.43 bits per heavy atom. The van der Waals surface area contributed by atoms with Gasteiger partial charge in [0.2, 0.25) is 5.91 Å². The van der Waals surface area contributed by atoms with Crippen LogP contribution >= 0.6 is 0 Å². The van der Waals surface area contributed by atoms with Crippen LogP contribution in [0.4, 0.5) is 0 Å². The predicted molar refractivity (Wildman–Crippen MR) is 81.5 cm³/mol. The van der Waals surface area contributed by atoms with Gasteiger partial charge >= 0.3 is 0 Å². The topological polar surface area (TPSA) is 50.2 Å². The highest BCUT2D eigenvalue weighted by atomic mass is 16.2. The van der Waals surface area contributed by atoms with E-state index in [1.165, 1.54) is 0 Å². The Morgan fingerprint density at radius 2 is 2.24 bits per heavy atom. The van der Waals surface area contributed by atoms with Crippen molar-refractivity contribution >= 4 is 5.91 Å². The number of amides is 1. The fourth-order valence-corrected chi connectivity index (χ4v) is 3.29. The maximum atomic E-state index is 12.2. The summed E-state index contributed by atoms with van der Waals surface area (Å²) in [6.45, 7) is 4.86. The van der Waals surface area contributed by atoms with Gasteiger partial charge in [-0.2, -0.15) is 0 Å². The molecular formula is C16H26N4O. The molecule has 1 aromatic heterocycles. The van der Waals surface area contributed by atoms with Crippen molar-refractivity contribution in [3.63, 3.8) is 0 Å². The second-order valence-electron chi connectivity index (χ2n) is 6.46. The van der Waals surface area contributed by atoms with Crippen molar-refractivity contribution in [3.8, 4) is 0 Å². The summed E-state index contributed by atoms with van der Waals surface area (Å²) in [5.41, 5.74) is 0. The minimum absolute atomic E-state index is 0.347. The molecule has 0 bridgehead atoms. The van der Waals surface area contributed by atoms with E-state index in [4.69, 9.17) is 0 Å². The van der Waals surface area contributed by atoms with E-state index in [2.05, 4.69) is 26.7 Å². The third-order valence-corrected chi connectivity index (χ3v) is 4.94. The molecule has 0 spiro atoms. The number of carbonyl (C=O) groups is 1. The molecule has 5 heteroatoms. The van der Waals surface area contributed by atoms with Crippen LogP contribution in [0.15, 0.2) is 12.4 Å². The highest BCUT2D eigenvalue weighted by Crippen LogP contribution is 2.33. The van der Waals surface area contributed by atoms with Crippen LogP contribution in [-0.4, -0.2) is 39.5 Å². The molecule has 116 valence electrons. The molecule has 5 nitrogen and oxygen atoms in total. The smallest absolute Gasteiger partial charge is 0.225 e. The van der Waals surface area contributed by atoms with Crippen LogP contribution in [0.1, 0.15) is 38.4 Å². The van der Waals surface area contributed by atoms with Crippen molar-refractivity contribution in [2.24, 2.45) is 18.9 Å². The summed E-state index contributed by atoms with van der Waals surface area (Å²) in [5.74, 6) is 2.37. The van der Waals surface area contributed by atoms with Gasteiger partial charge in [-0.15, -0.1) is 0 Å². The molecule has 2 aliphatic rings. The minimum atomic E-state index is 0.347. The molecule has 1 N–H and O–H groups in total. The van der Waals surface area contributed by atoms with Crippen LogP contribution in [0.5, 0.6) is 0 Å². The van der Waals surface area contributed by atoms with Crippen molar-refractivity contribution < 1.29 is 4.79 Å². The van der Waals surface area contributed by atoms with Crippen LogP contribution in [0.25, 0.3) is 0 Å². The largest absolute Gasteiger partial charge is 0.342 e. The second-order valence-corrected chi connectivity index (χ2v) is 6.46. The summed E-state index contributed by atoms with van der Waals surface area (Å²) in [6.07, 6.45) is 8.20. The van der Waals surface area contributed by atoms with Gasteiger partial charge in [0, 0.05) is 44.5 Å². The number of aryl methyl sites for hydroxylation is 1. The number of hydrogen-bond donors (Lipinski definition) is 1. The first-order valence-electron chi connectivity index (χ1n) is 8.17. The first-order valence-corrected chi connectivity index (χ1v) is 8.17. The van der Waals surface area contributed by atoms with E-state index in [-0.39, 0.29) is 0 Å². The van der Waals surface area contributed by atoms with Gasteiger partial charge in [0.1, 0.15) is 5.82 Å². The molecule has 0 radical (unpaired) electrons. The van der Waals surface area contributed by atoms with Gasteiger partial charge in [-0.05, 0) is 25.2 Å². The molecule has 2 heterocycles. The number of carbonyl (C=O) groups excluding carboxylic acids is 1. The van der Waals surface area contributed by atoms with Gasteiger partial charge in [0.15, 0.2) is 0 Å². The predicted octanol–water partition coefficient (Wildman–Crippen LogP) is 1.55. The van der Waals surface area contributed by atoms with Crippen molar-refractivity contribution in [3.05, 3.63) is 18.2 Å². The Morgan fingerprint density at radius 3 is 2.86 bits per heavy atom. The molecule has 21 heavy (non-hydrogen) atoms. The quantitative estimate of drug-likeness (QED) is 0.895. The van der Waals surface area contributed by atoms with Crippen LogP contribution < -0.4 is 5.32 Å². The number of hydrogen-bond acceptors (Lipinski definition) is 3. The van der Waals surface area contributed by atoms with E-state index in [9.17, 15) is 4.79 Å². The molecule has 2 atom stereocenters. The first-order chi connectivity index (χ1) is 10.2. The lowest BCUT2D eigenvalue weighted by molar-refractivity contribution is -0.134.